The first-order chi connectivity index (χ1) is 11.7. The van der Waals surface area contributed by atoms with Gasteiger partial charge in [-0.3, -0.25) is 0 Å². The van der Waals surface area contributed by atoms with Crippen molar-refractivity contribution in [2.75, 3.05) is 11.9 Å². The van der Waals surface area contributed by atoms with Crippen LogP contribution < -0.4 is 10.1 Å². The molecule has 0 saturated carbocycles. The number of thiazole rings is 1. The number of fused-ring (bicyclic) bond motifs is 1. The van der Waals surface area contributed by atoms with E-state index in [2.05, 4.69) is 47.1 Å². The van der Waals surface area contributed by atoms with Gasteiger partial charge in [0.25, 0.3) is 0 Å². The standard InChI is InChI=1S/C18H22N4OS/c1-4-6-7-23-16-9-15-14(8-12(16)3)17(21-11-20-15)22-18-19-10-13(5-2)24-18/h8-11H,4-7H2,1-3H3,(H,19,20,21,22). The van der Waals surface area contributed by atoms with E-state index in [0.29, 0.717) is 0 Å². The molecule has 5 nitrogen and oxygen atoms in total. The van der Waals surface area contributed by atoms with Crippen LogP contribution >= 0.6 is 11.3 Å². The first-order valence-electron chi connectivity index (χ1n) is 8.31. The van der Waals surface area contributed by atoms with Crippen LogP contribution in [0.1, 0.15) is 37.1 Å². The van der Waals surface area contributed by atoms with E-state index in [4.69, 9.17) is 4.74 Å². The van der Waals surface area contributed by atoms with Crippen molar-refractivity contribution in [3.8, 4) is 5.75 Å². The minimum atomic E-state index is 0.734. The molecule has 0 aliphatic rings. The minimum absolute atomic E-state index is 0.734. The number of aryl methyl sites for hydroxylation is 2. The molecule has 6 heteroatoms. The summed E-state index contributed by atoms with van der Waals surface area (Å²) in [5.74, 6) is 1.67. The number of nitrogens with zero attached hydrogens (tertiary/aromatic N) is 3. The van der Waals surface area contributed by atoms with Gasteiger partial charge in [-0.15, -0.1) is 11.3 Å². The lowest BCUT2D eigenvalue weighted by atomic mass is 10.1. The number of anilines is 2. The maximum absolute atomic E-state index is 5.87. The summed E-state index contributed by atoms with van der Waals surface area (Å²) in [7, 11) is 0. The number of nitrogens with one attached hydrogen (secondary N) is 1. The van der Waals surface area contributed by atoms with Gasteiger partial charge >= 0.3 is 0 Å². The highest BCUT2D eigenvalue weighted by atomic mass is 32.1. The Morgan fingerprint density at radius 2 is 2.04 bits per heavy atom. The minimum Gasteiger partial charge on any atom is -0.493 e. The summed E-state index contributed by atoms with van der Waals surface area (Å²) in [5.41, 5.74) is 1.96. The van der Waals surface area contributed by atoms with E-state index >= 15 is 0 Å². The molecule has 1 aromatic carbocycles. The average Bonchev–Trinajstić information content (AvgIpc) is 3.04. The maximum atomic E-state index is 5.87. The van der Waals surface area contributed by atoms with E-state index in [-0.39, 0.29) is 0 Å². The van der Waals surface area contributed by atoms with Gasteiger partial charge in [-0.1, -0.05) is 20.3 Å². The molecule has 1 N–H and O–H groups in total. The summed E-state index contributed by atoms with van der Waals surface area (Å²) in [6.45, 7) is 7.07. The average molecular weight is 342 g/mol. The van der Waals surface area contributed by atoms with Crippen molar-refractivity contribution < 1.29 is 4.74 Å². The van der Waals surface area contributed by atoms with Gasteiger partial charge in [-0.25, -0.2) is 15.0 Å². The molecule has 3 aromatic rings. The first kappa shape index (κ1) is 16.6. The van der Waals surface area contributed by atoms with Gasteiger partial charge in [0.05, 0.1) is 12.1 Å². The zero-order valence-electron chi connectivity index (χ0n) is 14.3. The highest BCUT2D eigenvalue weighted by Gasteiger charge is 2.10. The molecule has 0 fully saturated rings. The molecule has 0 spiro atoms. The Balaban J connectivity index is 1.90. The van der Waals surface area contributed by atoms with Crippen LogP contribution in [-0.4, -0.2) is 21.6 Å². The lowest BCUT2D eigenvalue weighted by Gasteiger charge is -2.11. The highest BCUT2D eigenvalue weighted by Crippen LogP contribution is 2.30. The number of rotatable bonds is 7. The zero-order valence-corrected chi connectivity index (χ0v) is 15.1. The number of aromatic nitrogens is 3. The van der Waals surface area contributed by atoms with Crippen LogP contribution in [0.3, 0.4) is 0 Å². The van der Waals surface area contributed by atoms with Gasteiger partial charge < -0.3 is 10.1 Å². The molecule has 0 aliphatic heterocycles. The summed E-state index contributed by atoms with van der Waals surface area (Å²) in [6, 6.07) is 4.07. The topological polar surface area (TPSA) is 59.9 Å². The summed E-state index contributed by atoms with van der Waals surface area (Å²) in [4.78, 5) is 14.4. The third kappa shape index (κ3) is 3.64. The van der Waals surface area contributed by atoms with Crippen molar-refractivity contribution in [3.63, 3.8) is 0 Å². The van der Waals surface area contributed by atoms with Crippen molar-refractivity contribution >= 4 is 33.2 Å². The number of ether oxygens (including phenoxy) is 1. The lowest BCUT2D eigenvalue weighted by molar-refractivity contribution is 0.308. The van der Waals surface area contributed by atoms with Gasteiger partial charge in [0.1, 0.15) is 17.9 Å². The highest BCUT2D eigenvalue weighted by molar-refractivity contribution is 7.15. The van der Waals surface area contributed by atoms with Crippen LogP contribution in [0.2, 0.25) is 0 Å². The van der Waals surface area contributed by atoms with Crippen molar-refractivity contribution in [2.24, 2.45) is 0 Å². The summed E-state index contributed by atoms with van der Waals surface area (Å²) >= 11 is 1.65. The van der Waals surface area contributed by atoms with E-state index in [0.717, 1.165) is 59.0 Å². The molecule has 3 rings (SSSR count). The van der Waals surface area contributed by atoms with Crippen LogP contribution in [0, 0.1) is 6.92 Å². The van der Waals surface area contributed by atoms with Crippen molar-refractivity contribution in [2.45, 2.75) is 40.0 Å². The molecule has 0 saturated heterocycles. The molecule has 24 heavy (non-hydrogen) atoms. The summed E-state index contributed by atoms with van der Waals surface area (Å²) in [6.07, 6.45) is 6.64. The molecule has 0 unspecified atom stereocenters. The Kier molecular flexibility index (Phi) is 5.25. The van der Waals surface area contributed by atoms with Gasteiger partial charge in [0, 0.05) is 22.5 Å². The predicted octanol–water partition coefficient (Wildman–Crippen LogP) is 4.88. The third-order valence-corrected chi connectivity index (χ3v) is 4.87. The van der Waals surface area contributed by atoms with Crippen LogP contribution in [-0.2, 0) is 6.42 Å². The second kappa shape index (κ2) is 7.57. The van der Waals surface area contributed by atoms with Gasteiger partial charge in [0.15, 0.2) is 5.13 Å². The van der Waals surface area contributed by atoms with E-state index in [1.807, 2.05) is 12.3 Å². The van der Waals surface area contributed by atoms with Crippen LogP contribution in [0.4, 0.5) is 10.9 Å². The largest absolute Gasteiger partial charge is 0.493 e. The fourth-order valence-electron chi connectivity index (χ4n) is 2.40. The fraction of sp³-hybridized carbons (Fsp3) is 0.389. The molecular weight excluding hydrogens is 320 g/mol. The van der Waals surface area contributed by atoms with Crippen LogP contribution in [0.5, 0.6) is 5.75 Å². The van der Waals surface area contributed by atoms with E-state index < -0.39 is 0 Å². The van der Waals surface area contributed by atoms with Crippen LogP contribution in [0.15, 0.2) is 24.7 Å². The molecule has 0 radical (unpaired) electrons. The molecule has 2 aromatic heterocycles. The second-order valence-corrected chi connectivity index (χ2v) is 6.78. The van der Waals surface area contributed by atoms with Crippen molar-refractivity contribution in [1.82, 2.24) is 15.0 Å². The Morgan fingerprint density at radius 1 is 1.17 bits per heavy atom. The number of benzene rings is 1. The van der Waals surface area contributed by atoms with Gasteiger partial charge in [-0.2, -0.15) is 0 Å². The van der Waals surface area contributed by atoms with Gasteiger partial charge in [-0.05, 0) is 31.4 Å². The zero-order chi connectivity index (χ0) is 16.9. The quantitative estimate of drug-likeness (QED) is 0.620. The monoisotopic (exact) mass is 342 g/mol. The normalized spacial score (nSPS) is 11.0. The summed E-state index contributed by atoms with van der Waals surface area (Å²) in [5, 5.41) is 5.15. The summed E-state index contributed by atoms with van der Waals surface area (Å²) < 4.78 is 5.87. The van der Waals surface area contributed by atoms with Gasteiger partial charge in [0.2, 0.25) is 0 Å². The SMILES string of the molecule is CCCCOc1cc2ncnc(Nc3ncc(CC)s3)c2cc1C. The maximum Gasteiger partial charge on any atom is 0.188 e. The molecular formula is C18H22N4OS. The lowest BCUT2D eigenvalue weighted by Crippen LogP contribution is -2.00. The van der Waals surface area contributed by atoms with Crippen molar-refractivity contribution in [3.05, 3.63) is 35.1 Å². The fourth-order valence-corrected chi connectivity index (χ4v) is 3.15. The predicted molar refractivity (Wildman–Crippen MR) is 99.5 cm³/mol. The molecule has 126 valence electrons. The number of hydrogen-bond acceptors (Lipinski definition) is 6. The molecule has 2 heterocycles. The Labute approximate surface area is 146 Å². The Morgan fingerprint density at radius 3 is 2.79 bits per heavy atom. The van der Waals surface area contributed by atoms with Crippen molar-refractivity contribution in [1.29, 1.82) is 0 Å². The Hall–Kier alpha value is -2.21. The Bertz CT molecular complexity index is 831. The molecule has 0 bridgehead atoms. The van der Waals surface area contributed by atoms with Crippen LogP contribution in [0.25, 0.3) is 10.9 Å². The van der Waals surface area contributed by atoms with E-state index in [1.54, 1.807) is 17.7 Å². The smallest absolute Gasteiger partial charge is 0.188 e. The number of hydrogen-bond donors (Lipinski definition) is 1. The second-order valence-electron chi connectivity index (χ2n) is 5.67. The van der Waals surface area contributed by atoms with E-state index in [1.165, 1.54) is 4.88 Å². The molecule has 0 amide bonds. The first-order valence-corrected chi connectivity index (χ1v) is 9.12. The number of unbranched alkanes of at least 4 members (excludes halogenated alkanes) is 1. The molecule has 0 atom stereocenters. The molecule has 0 aliphatic carbocycles. The van der Waals surface area contributed by atoms with E-state index in [9.17, 15) is 0 Å². The third-order valence-electron chi connectivity index (χ3n) is 3.81.